The lowest BCUT2D eigenvalue weighted by Gasteiger charge is -2.37. The van der Waals surface area contributed by atoms with E-state index in [-0.39, 0.29) is 37.2 Å². The Bertz CT molecular complexity index is 735. The van der Waals surface area contributed by atoms with Gasteiger partial charge in [0.25, 0.3) is 0 Å². The van der Waals surface area contributed by atoms with Gasteiger partial charge in [0.05, 0.1) is 12.6 Å². The molecule has 7 heteroatoms. The second-order valence-electron chi connectivity index (χ2n) is 7.55. The Morgan fingerprint density at radius 2 is 2.04 bits per heavy atom. The fourth-order valence-corrected chi connectivity index (χ4v) is 3.96. The van der Waals surface area contributed by atoms with Gasteiger partial charge in [0, 0.05) is 11.5 Å². The maximum atomic E-state index is 13.1. The van der Waals surface area contributed by atoms with Crippen LogP contribution < -0.4 is 14.8 Å². The minimum absolute atomic E-state index is 0.0744. The average molecular weight is 376 g/mol. The zero-order chi connectivity index (χ0) is 19.8. The van der Waals surface area contributed by atoms with Crippen LogP contribution in [0, 0.1) is 5.92 Å². The zero-order valence-corrected chi connectivity index (χ0v) is 16.6. The summed E-state index contributed by atoms with van der Waals surface area (Å²) >= 11 is 0. The van der Waals surface area contributed by atoms with Crippen molar-refractivity contribution in [1.82, 2.24) is 10.2 Å². The molecule has 3 atom stereocenters. The van der Waals surface area contributed by atoms with Crippen LogP contribution in [0.25, 0.3) is 0 Å². The van der Waals surface area contributed by atoms with Crippen molar-refractivity contribution in [3.05, 3.63) is 23.8 Å². The largest absolute Gasteiger partial charge is 0.464 e. The SMILES string of the molecule is CCOC(=O)[C@H]1C[C@@](C)(NC)[C@@H](c2ccc3c(c2)OCO3)N1C(=O)C(C)C. The number of fused-ring (bicyclic) bond motifs is 1. The molecule has 0 unspecified atom stereocenters. The van der Waals surface area contributed by atoms with Gasteiger partial charge in [-0.25, -0.2) is 4.79 Å². The lowest BCUT2D eigenvalue weighted by molar-refractivity contribution is -0.155. The van der Waals surface area contributed by atoms with Crippen LogP contribution in [-0.4, -0.2) is 48.8 Å². The summed E-state index contributed by atoms with van der Waals surface area (Å²) in [5.41, 5.74) is 0.410. The number of likely N-dealkylation sites (N-methyl/N-ethyl adjacent to an activating group) is 1. The number of hydrogen-bond donors (Lipinski definition) is 1. The molecule has 1 aromatic rings. The Balaban J connectivity index is 2.08. The maximum Gasteiger partial charge on any atom is 0.328 e. The van der Waals surface area contributed by atoms with Crippen molar-refractivity contribution >= 4 is 11.9 Å². The molecule has 7 nitrogen and oxygen atoms in total. The summed E-state index contributed by atoms with van der Waals surface area (Å²) in [6.45, 7) is 7.96. The number of carbonyl (C=O) groups is 2. The molecule has 1 aromatic carbocycles. The number of nitrogens with zero attached hydrogens (tertiary/aromatic N) is 1. The summed E-state index contributed by atoms with van der Waals surface area (Å²) in [6.07, 6.45) is 0.472. The predicted octanol–water partition coefficient (Wildman–Crippen LogP) is 2.25. The highest BCUT2D eigenvalue weighted by Gasteiger charge is 2.54. The van der Waals surface area contributed by atoms with Gasteiger partial charge in [-0.05, 0) is 45.0 Å². The Labute approximate surface area is 160 Å². The Hall–Kier alpha value is -2.28. The van der Waals surface area contributed by atoms with E-state index in [2.05, 4.69) is 5.32 Å². The summed E-state index contributed by atoms with van der Waals surface area (Å²) in [5, 5.41) is 3.33. The molecule has 148 valence electrons. The summed E-state index contributed by atoms with van der Waals surface area (Å²) in [5.74, 6) is 0.664. The molecule has 2 aliphatic rings. The zero-order valence-electron chi connectivity index (χ0n) is 16.6. The van der Waals surface area contributed by atoms with Crippen molar-refractivity contribution in [2.45, 2.75) is 51.7 Å². The van der Waals surface area contributed by atoms with E-state index >= 15 is 0 Å². The van der Waals surface area contributed by atoms with Gasteiger partial charge in [-0.3, -0.25) is 4.79 Å². The molecule has 0 aromatic heterocycles. The van der Waals surface area contributed by atoms with E-state index < -0.39 is 11.6 Å². The summed E-state index contributed by atoms with van der Waals surface area (Å²) in [6, 6.07) is 4.72. The Morgan fingerprint density at radius 1 is 1.33 bits per heavy atom. The smallest absolute Gasteiger partial charge is 0.328 e. The van der Waals surface area contributed by atoms with E-state index in [0.717, 1.165) is 5.56 Å². The standard InChI is InChI=1S/C20H28N2O5/c1-6-25-19(24)14-10-20(4,21-5)17(22(14)18(23)12(2)3)13-7-8-15-16(9-13)27-11-26-15/h7-9,12,14,17,21H,6,10-11H2,1-5H3/t14-,17-,20-/m1/s1. The maximum absolute atomic E-state index is 13.1. The second-order valence-corrected chi connectivity index (χ2v) is 7.55. The Morgan fingerprint density at radius 3 is 2.67 bits per heavy atom. The van der Waals surface area contributed by atoms with Crippen LogP contribution in [0.5, 0.6) is 11.5 Å². The number of likely N-dealkylation sites (tertiary alicyclic amines) is 1. The normalized spacial score (nSPS) is 26.5. The quantitative estimate of drug-likeness (QED) is 0.795. The molecule has 27 heavy (non-hydrogen) atoms. The first-order valence-electron chi connectivity index (χ1n) is 9.39. The summed E-state index contributed by atoms with van der Waals surface area (Å²) < 4.78 is 16.2. The van der Waals surface area contributed by atoms with Gasteiger partial charge in [-0.1, -0.05) is 19.9 Å². The number of amides is 1. The van der Waals surface area contributed by atoms with Gasteiger partial charge in [0.15, 0.2) is 11.5 Å². The Kier molecular flexibility index (Phi) is 5.33. The topological polar surface area (TPSA) is 77.1 Å². The molecule has 2 aliphatic heterocycles. The summed E-state index contributed by atoms with van der Waals surface area (Å²) in [7, 11) is 1.85. The van der Waals surface area contributed by atoms with Gasteiger partial charge in [0.2, 0.25) is 12.7 Å². The molecular weight excluding hydrogens is 348 g/mol. The highest BCUT2D eigenvalue weighted by molar-refractivity contribution is 5.87. The van der Waals surface area contributed by atoms with Crippen LogP contribution in [0.4, 0.5) is 0 Å². The van der Waals surface area contributed by atoms with Crippen molar-refractivity contribution in [2.75, 3.05) is 20.4 Å². The van der Waals surface area contributed by atoms with Gasteiger partial charge < -0.3 is 24.4 Å². The molecule has 3 rings (SSSR count). The number of rotatable bonds is 5. The van der Waals surface area contributed by atoms with Gasteiger partial charge in [-0.15, -0.1) is 0 Å². The molecule has 0 radical (unpaired) electrons. The van der Waals surface area contributed by atoms with E-state index in [4.69, 9.17) is 14.2 Å². The van der Waals surface area contributed by atoms with Crippen molar-refractivity contribution in [2.24, 2.45) is 5.92 Å². The fraction of sp³-hybridized carbons (Fsp3) is 0.600. The van der Waals surface area contributed by atoms with E-state index in [1.807, 2.05) is 46.0 Å². The number of carbonyl (C=O) groups excluding carboxylic acids is 2. The average Bonchev–Trinajstić information content (AvgIpc) is 3.23. The van der Waals surface area contributed by atoms with E-state index in [1.165, 1.54) is 0 Å². The van der Waals surface area contributed by atoms with Crippen LogP contribution in [0.15, 0.2) is 18.2 Å². The monoisotopic (exact) mass is 376 g/mol. The molecule has 1 saturated heterocycles. The lowest BCUT2D eigenvalue weighted by atomic mass is 9.86. The number of benzene rings is 1. The van der Waals surface area contributed by atoms with Crippen molar-refractivity contribution in [1.29, 1.82) is 0 Å². The third kappa shape index (κ3) is 3.36. The molecule has 0 bridgehead atoms. The van der Waals surface area contributed by atoms with Crippen molar-refractivity contribution in [3.8, 4) is 11.5 Å². The third-order valence-electron chi connectivity index (χ3n) is 5.43. The van der Waals surface area contributed by atoms with Gasteiger partial charge in [-0.2, -0.15) is 0 Å². The van der Waals surface area contributed by atoms with Crippen LogP contribution >= 0.6 is 0 Å². The van der Waals surface area contributed by atoms with Crippen molar-refractivity contribution in [3.63, 3.8) is 0 Å². The van der Waals surface area contributed by atoms with Gasteiger partial charge >= 0.3 is 5.97 Å². The second kappa shape index (κ2) is 7.38. The molecular formula is C20H28N2O5. The lowest BCUT2D eigenvalue weighted by Crippen LogP contribution is -2.48. The molecule has 2 heterocycles. The first kappa shape index (κ1) is 19.5. The van der Waals surface area contributed by atoms with Crippen LogP contribution in [0.3, 0.4) is 0 Å². The molecule has 1 fully saturated rings. The molecule has 1 N–H and O–H groups in total. The first-order valence-corrected chi connectivity index (χ1v) is 9.39. The van der Waals surface area contributed by atoms with E-state index in [1.54, 1.807) is 11.8 Å². The number of hydrogen-bond acceptors (Lipinski definition) is 6. The minimum atomic E-state index is -0.632. The van der Waals surface area contributed by atoms with Gasteiger partial charge in [0.1, 0.15) is 6.04 Å². The molecule has 0 saturated carbocycles. The minimum Gasteiger partial charge on any atom is -0.464 e. The summed E-state index contributed by atoms with van der Waals surface area (Å²) in [4.78, 5) is 27.5. The van der Waals surface area contributed by atoms with Crippen LogP contribution in [0.2, 0.25) is 0 Å². The predicted molar refractivity (Wildman–Crippen MR) is 99.5 cm³/mol. The van der Waals surface area contributed by atoms with Crippen molar-refractivity contribution < 1.29 is 23.8 Å². The number of nitrogens with one attached hydrogen (secondary N) is 1. The fourth-order valence-electron chi connectivity index (χ4n) is 3.96. The van der Waals surface area contributed by atoms with E-state index in [9.17, 15) is 9.59 Å². The molecule has 0 aliphatic carbocycles. The van der Waals surface area contributed by atoms with Crippen LogP contribution in [0.1, 0.15) is 45.7 Å². The molecule has 0 spiro atoms. The van der Waals surface area contributed by atoms with E-state index in [0.29, 0.717) is 17.9 Å². The molecule has 1 amide bonds. The first-order chi connectivity index (χ1) is 12.8. The van der Waals surface area contributed by atoms with Crippen LogP contribution in [-0.2, 0) is 14.3 Å². The number of esters is 1. The highest BCUT2D eigenvalue weighted by Crippen LogP contribution is 2.47. The highest BCUT2D eigenvalue weighted by atomic mass is 16.7. The number of ether oxygens (including phenoxy) is 3. The third-order valence-corrected chi connectivity index (χ3v) is 5.43.